The van der Waals surface area contributed by atoms with E-state index in [1.807, 2.05) is 0 Å². The van der Waals surface area contributed by atoms with Crippen molar-refractivity contribution < 1.29 is 5.11 Å². The highest BCUT2D eigenvalue weighted by Gasteiger charge is 2.32. The lowest BCUT2D eigenvalue weighted by Gasteiger charge is -2.01. The summed E-state index contributed by atoms with van der Waals surface area (Å²) >= 11 is 0. The van der Waals surface area contributed by atoms with Crippen molar-refractivity contribution in [2.75, 3.05) is 6.61 Å². The first-order chi connectivity index (χ1) is 5.27. The first-order valence-corrected chi connectivity index (χ1v) is 4.32. The molecule has 0 saturated heterocycles. The van der Waals surface area contributed by atoms with E-state index in [9.17, 15) is 0 Å². The molecule has 0 unspecified atom stereocenters. The molecule has 0 aliphatic carbocycles. The molecule has 3 nitrogen and oxygen atoms in total. The van der Waals surface area contributed by atoms with E-state index in [2.05, 4.69) is 17.2 Å². The summed E-state index contributed by atoms with van der Waals surface area (Å²) in [4.78, 5) is 0. The van der Waals surface area contributed by atoms with Crippen LogP contribution < -0.4 is 0 Å². The summed E-state index contributed by atoms with van der Waals surface area (Å²) in [6.07, 6.45) is 5.53. The van der Waals surface area contributed by atoms with Crippen LogP contribution >= 0.6 is 0 Å². The largest absolute Gasteiger partial charge is 0.396 e. The Morgan fingerprint density at radius 2 is 1.73 bits per heavy atom. The summed E-state index contributed by atoms with van der Waals surface area (Å²) in [5, 5.41) is 16.4. The second kappa shape index (κ2) is 3.81. The van der Waals surface area contributed by atoms with Crippen LogP contribution in [0.5, 0.6) is 0 Å². The van der Waals surface area contributed by atoms with E-state index in [4.69, 9.17) is 5.11 Å². The zero-order chi connectivity index (χ0) is 8.16. The smallest absolute Gasteiger partial charge is 0.188 e. The maximum Gasteiger partial charge on any atom is 0.188 e. The molecule has 0 aromatic carbocycles. The van der Waals surface area contributed by atoms with Gasteiger partial charge in [0.05, 0.1) is 0 Å². The molecule has 0 aromatic rings. The molecule has 1 N–H and O–H groups in total. The van der Waals surface area contributed by atoms with E-state index in [1.165, 1.54) is 12.8 Å². The SMILES string of the molecule is CC1(CCCCCCO)N=N1. The van der Waals surface area contributed by atoms with Crippen molar-refractivity contribution in [2.24, 2.45) is 10.2 Å². The average molecular weight is 156 g/mol. The highest BCUT2D eigenvalue weighted by Crippen LogP contribution is 2.32. The number of hydrogen-bond donors (Lipinski definition) is 1. The molecule has 11 heavy (non-hydrogen) atoms. The maximum atomic E-state index is 8.50. The summed E-state index contributed by atoms with van der Waals surface area (Å²) in [6, 6.07) is 0. The fraction of sp³-hybridized carbons (Fsp3) is 1.00. The molecule has 1 aliphatic rings. The Balaban J connectivity index is 1.81. The first-order valence-electron chi connectivity index (χ1n) is 4.32. The molecule has 0 saturated carbocycles. The Bertz CT molecular complexity index is 139. The maximum absolute atomic E-state index is 8.50. The standard InChI is InChI=1S/C8H16N2O/c1-8(9-10-8)6-4-2-3-5-7-11/h11H,2-7H2,1H3. The van der Waals surface area contributed by atoms with Crippen LogP contribution in [0.25, 0.3) is 0 Å². The summed E-state index contributed by atoms with van der Waals surface area (Å²) in [5.74, 6) is 0. The van der Waals surface area contributed by atoms with Crippen LogP contribution in [0.1, 0.15) is 39.0 Å². The molecule has 3 heteroatoms. The lowest BCUT2D eigenvalue weighted by molar-refractivity contribution is 0.282. The van der Waals surface area contributed by atoms with Gasteiger partial charge in [0.25, 0.3) is 0 Å². The van der Waals surface area contributed by atoms with Gasteiger partial charge >= 0.3 is 0 Å². The Morgan fingerprint density at radius 1 is 1.09 bits per heavy atom. The van der Waals surface area contributed by atoms with Gasteiger partial charge in [-0.2, -0.15) is 10.2 Å². The topological polar surface area (TPSA) is 45.0 Å². The average Bonchev–Trinajstić information content (AvgIpc) is 2.69. The zero-order valence-corrected chi connectivity index (χ0v) is 7.08. The third-order valence-electron chi connectivity index (χ3n) is 2.00. The molecule has 0 bridgehead atoms. The Hall–Kier alpha value is -0.440. The summed E-state index contributed by atoms with van der Waals surface area (Å²) in [7, 11) is 0. The van der Waals surface area contributed by atoms with Gasteiger partial charge in [0, 0.05) is 6.61 Å². The molecule has 0 amide bonds. The van der Waals surface area contributed by atoms with E-state index in [0.717, 1.165) is 19.3 Å². The van der Waals surface area contributed by atoms with Crippen molar-refractivity contribution in [1.29, 1.82) is 0 Å². The summed E-state index contributed by atoms with van der Waals surface area (Å²) in [6.45, 7) is 2.38. The minimum atomic E-state index is -0.0147. The highest BCUT2D eigenvalue weighted by molar-refractivity contribution is 4.87. The molecule has 64 valence electrons. The normalized spacial score (nSPS) is 18.7. The van der Waals surface area contributed by atoms with Gasteiger partial charge in [-0.05, 0) is 26.2 Å². The van der Waals surface area contributed by atoms with Crippen LogP contribution in [0.3, 0.4) is 0 Å². The van der Waals surface area contributed by atoms with Crippen LogP contribution in [0, 0.1) is 0 Å². The highest BCUT2D eigenvalue weighted by atomic mass is 16.2. The molecule has 0 aromatic heterocycles. The number of hydrogen-bond acceptors (Lipinski definition) is 3. The predicted octanol–water partition coefficient (Wildman–Crippen LogP) is 2.11. The monoisotopic (exact) mass is 156 g/mol. The molecule has 0 radical (unpaired) electrons. The number of aliphatic hydroxyl groups excluding tert-OH is 1. The number of rotatable bonds is 6. The third-order valence-corrected chi connectivity index (χ3v) is 2.00. The first kappa shape index (κ1) is 8.65. The summed E-state index contributed by atoms with van der Waals surface area (Å²) in [5.41, 5.74) is -0.0147. The van der Waals surface area contributed by atoms with E-state index in [1.54, 1.807) is 0 Å². The van der Waals surface area contributed by atoms with Crippen molar-refractivity contribution in [2.45, 2.75) is 44.7 Å². The van der Waals surface area contributed by atoms with Crippen LogP contribution in [-0.2, 0) is 0 Å². The van der Waals surface area contributed by atoms with E-state index < -0.39 is 0 Å². The molecular weight excluding hydrogens is 140 g/mol. The van der Waals surface area contributed by atoms with Crippen molar-refractivity contribution in [3.05, 3.63) is 0 Å². The van der Waals surface area contributed by atoms with E-state index in [-0.39, 0.29) is 5.66 Å². The molecular formula is C8H16N2O. The fourth-order valence-corrected chi connectivity index (χ4v) is 1.11. The lowest BCUT2D eigenvalue weighted by Crippen LogP contribution is -2.02. The molecule has 0 fully saturated rings. The van der Waals surface area contributed by atoms with Crippen molar-refractivity contribution in [1.82, 2.24) is 0 Å². The summed E-state index contributed by atoms with van der Waals surface area (Å²) < 4.78 is 0. The minimum Gasteiger partial charge on any atom is -0.396 e. The second-order valence-corrected chi connectivity index (χ2v) is 3.30. The lowest BCUT2D eigenvalue weighted by atomic mass is 10.1. The van der Waals surface area contributed by atoms with Gasteiger partial charge in [-0.25, -0.2) is 0 Å². The van der Waals surface area contributed by atoms with Crippen molar-refractivity contribution >= 4 is 0 Å². The molecule has 1 heterocycles. The number of unbranched alkanes of at least 4 members (excludes halogenated alkanes) is 3. The van der Waals surface area contributed by atoms with Crippen LogP contribution in [-0.4, -0.2) is 17.4 Å². The van der Waals surface area contributed by atoms with Crippen molar-refractivity contribution in [3.8, 4) is 0 Å². The number of aliphatic hydroxyl groups is 1. The quantitative estimate of drug-likeness (QED) is 0.588. The molecule has 1 rings (SSSR count). The Morgan fingerprint density at radius 3 is 2.27 bits per heavy atom. The Labute approximate surface area is 67.5 Å². The van der Waals surface area contributed by atoms with E-state index in [0.29, 0.717) is 6.61 Å². The van der Waals surface area contributed by atoms with Crippen LogP contribution in [0.2, 0.25) is 0 Å². The molecule has 0 atom stereocenters. The molecule has 1 aliphatic heterocycles. The third kappa shape index (κ3) is 3.46. The van der Waals surface area contributed by atoms with E-state index >= 15 is 0 Å². The van der Waals surface area contributed by atoms with Gasteiger partial charge < -0.3 is 5.11 Å². The van der Waals surface area contributed by atoms with Gasteiger partial charge in [0.2, 0.25) is 0 Å². The van der Waals surface area contributed by atoms with Gasteiger partial charge in [0.1, 0.15) is 0 Å². The van der Waals surface area contributed by atoms with Gasteiger partial charge in [0.15, 0.2) is 5.66 Å². The predicted molar refractivity (Wildman–Crippen MR) is 43.4 cm³/mol. The number of nitrogens with zero attached hydrogens (tertiary/aromatic N) is 2. The van der Waals surface area contributed by atoms with Gasteiger partial charge in [-0.1, -0.05) is 12.8 Å². The van der Waals surface area contributed by atoms with Gasteiger partial charge in [-0.15, -0.1) is 0 Å². The van der Waals surface area contributed by atoms with Crippen LogP contribution in [0.15, 0.2) is 10.2 Å². The minimum absolute atomic E-state index is 0.0147. The fourth-order valence-electron chi connectivity index (χ4n) is 1.11. The Kier molecular flexibility index (Phi) is 3.00. The molecule has 0 spiro atoms. The zero-order valence-electron chi connectivity index (χ0n) is 7.08. The van der Waals surface area contributed by atoms with Crippen molar-refractivity contribution in [3.63, 3.8) is 0 Å². The second-order valence-electron chi connectivity index (χ2n) is 3.30. The van der Waals surface area contributed by atoms with Crippen LogP contribution in [0.4, 0.5) is 0 Å². The van der Waals surface area contributed by atoms with Gasteiger partial charge in [-0.3, -0.25) is 0 Å².